The number of nitrogens with one attached hydrogen (secondary N) is 1. The van der Waals surface area contributed by atoms with Crippen LogP contribution in [0.4, 0.5) is 5.13 Å². The number of phenolic OH excluding ortho intramolecular Hbond substituents is 2. The highest BCUT2D eigenvalue weighted by Gasteiger charge is 2.13. The van der Waals surface area contributed by atoms with E-state index in [1.54, 1.807) is 29.9 Å². The van der Waals surface area contributed by atoms with E-state index in [2.05, 4.69) is 15.3 Å². The minimum atomic E-state index is -0.615. The van der Waals surface area contributed by atoms with Gasteiger partial charge in [-0.1, -0.05) is 6.07 Å². The molecule has 1 aromatic carbocycles. The number of carbonyl (C=O) groups is 1. The molecule has 0 spiro atoms. The number of thiazole rings is 1. The molecule has 0 saturated heterocycles. The summed E-state index contributed by atoms with van der Waals surface area (Å²) in [7, 11) is 0. The molecule has 26 heavy (non-hydrogen) atoms. The topological polar surface area (TPSA) is 119 Å². The number of benzene rings is 1. The van der Waals surface area contributed by atoms with Gasteiger partial charge >= 0.3 is 0 Å². The number of hydrogen-bond donors (Lipinski definition) is 3. The largest absolute Gasteiger partial charge is 0.504 e. The number of phenols is 2. The number of carbonyl (C=O) groups excluding carboxylic acids is 1. The van der Waals surface area contributed by atoms with Crippen LogP contribution in [0.3, 0.4) is 0 Å². The number of aromatic hydroxyl groups is 2. The number of pyridine rings is 1. The zero-order chi connectivity index (χ0) is 18.5. The summed E-state index contributed by atoms with van der Waals surface area (Å²) >= 11 is 1.24. The van der Waals surface area contributed by atoms with Crippen LogP contribution in [0.1, 0.15) is 5.56 Å². The van der Waals surface area contributed by atoms with E-state index in [1.807, 2.05) is 6.07 Å². The van der Waals surface area contributed by atoms with Crippen LogP contribution >= 0.6 is 11.3 Å². The summed E-state index contributed by atoms with van der Waals surface area (Å²) in [5.74, 6) is -1.23. The second-order valence-corrected chi connectivity index (χ2v) is 6.00. The first-order valence-corrected chi connectivity index (χ1v) is 8.26. The molecular formula is C18H12N4O3S. The number of nitrogens with zero attached hydrogens (tertiary/aromatic N) is 3. The molecule has 0 atom stereocenters. The van der Waals surface area contributed by atoms with Crippen LogP contribution in [-0.2, 0) is 4.79 Å². The Labute approximate surface area is 152 Å². The molecule has 8 heteroatoms. The molecule has 0 bridgehead atoms. The maximum absolute atomic E-state index is 12.3. The van der Waals surface area contributed by atoms with Crippen LogP contribution < -0.4 is 5.32 Å². The lowest BCUT2D eigenvalue weighted by atomic mass is 10.1. The normalized spacial score (nSPS) is 11.0. The lowest BCUT2D eigenvalue weighted by molar-refractivity contribution is -0.112. The van der Waals surface area contributed by atoms with Gasteiger partial charge in [-0.3, -0.25) is 15.1 Å². The number of rotatable bonds is 4. The Morgan fingerprint density at radius 3 is 2.65 bits per heavy atom. The van der Waals surface area contributed by atoms with E-state index in [0.717, 1.165) is 5.56 Å². The molecule has 0 aliphatic heterocycles. The van der Waals surface area contributed by atoms with Crippen molar-refractivity contribution in [2.75, 3.05) is 5.32 Å². The first-order valence-electron chi connectivity index (χ1n) is 7.38. The van der Waals surface area contributed by atoms with Gasteiger partial charge in [0, 0.05) is 23.3 Å². The third kappa shape index (κ3) is 3.85. The van der Waals surface area contributed by atoms with Crippen molar-refractivity contribution in [2.45, 2.75) is 0 Å². The molecule has 128 valence electrons. The van der Waals surface area contributed by atoms with E-state index in [1.165, 1.54) is 35.6 Å². The molecule has 3 aromatic rings. The van der Waals surface area contributed by atoms with Crippen molar-refractivity contribution in [3.63, 3.8) is 0 Å². The fourth-order valence-corrected chi connectivity index (χ4v) is 2.81. The lowest BCUT2D eigenvalue weighted by Crippen LogP contribution is -2.13. The van der Waals surface area contributed by atoms with Gasteiger partial charge in [-0.25, -0.2) is 4.98 Å². The van der Waals surface area contributed by atoms with Crippen LogP contribution in [0.15, 0.2) is 53.7 Å². The second kappa shape index (κ2) is 7.46. The van der Waals surface area contributed by atoms with Gasteiger partial charge in [0.2, 0.25) is 0 Å². The Bertz CT molecular complexity index is 1020. The average Bonchev–Trinajstić information content (AvgIpc) is 3.11. The predicted octanol–water partition coefficient (Wildman–Crippen LogP) is 3.16. The molecule has 3 N–H and O–H groups in total. The van der Waals surface area contributed by atoms with Crippen molar-refractivity contribution in [1.29, 1.82) is 5.26 Å². The smallest absolute Gasteiger partial charge is 0.268 e. The summed E-state index contributed by atoms with van der Waals surface area (Å²) < 4.78 is 0. The highest BCUT2D eigenvalue weighted by atomic mass is 32.1. The molecule has 0 unspecified atom stereocenters. The van der Waals surface area contributed by atoms with Crippen molar-refractivity contribution < 1.29 is 15.0 Å². The Hall–Kier alpha value is -3.70. The van der Waals surface area contributed by atoms with Gasteiger partial charge in [-0.05, 0) is 35.9 Å². The third-order valence-corrected chi connectivity index (χ3v) is 4.13. The SMILES string of the molecule is N#C/C(=C\c1ccc(O)c(O)c1)C(=O)Nc1nc(-c2ccncc2)cs1. The fourth-order valence-electron chi connectivity index (χ4n) is 2.10. The van der Waals surface area contributed by atoms with Gasteiger partial charge < -0.3 is 10.2 Å². The van der Waals surface area contributed by atoms with E-state index in [0.29, 0.717) is 16.4 Å². The highest BCUT2D eigenvalue weighted by molar-refractivity contribution is 7.14. The van der Waals surface area contributed by atoms with Crippen molar-refractivity contribution >= 4 is 28.5 Å². The van der Waals surface area contributed by atoms with Gasteiger partial charge in [-0.15, -0.1) is 11.3 Å². The summed E-state index contributed by atoms with van der Waals surface area (Å²) in [5.41, 5.74) is 1.81. The monoisotopic (exact) mass is 364 g/mol. The van der Waals surface area contributed by atoms with E-state index in [-0.39, 0.29) is 17.1 Å². The quantitative estimate of drug-likeness (QED) is 0.372. The minimum absolute atomic E-state index is 0.157. The summed E-state index contributed by atoms with van der Waals surface area (Å²) in [6.07, 6.45) is 4.61. The van der Waals surface area contributed by atoms with Crippen molar-refractivity contribution in [1.82, 2.24) is 9.97 Å². The van der Waals surface area contributed by atoms with Gasteiger partial charge in [0.1, 0.15) is 11.6 Å². The Morgan fingerprint density at radius 1 is 1.19 bits per heavy atom. The molecule has 0 aliphatic rings. The molecule has 0 fully saturated rings. The maximum atomic E-state index is 12.3. The number of anilines is 1. The Kier molecular flexibility index (Phi) is 4.92. The molecular weight excluding hydrogens is 352 g/mol. The number of amides is 1. The lowest BCUT2D eigenvalue weighted by Gasteiger charge is -2.02. The van der Waals surface area contributed by atoms with Crippen LogP contribution in [0.2, 0.25) is 0 Å². The molecule has 0 radical (unpaired) electrons. The minimum Gasteiger partial charge on any atom is -0.504 e. The van der Waals surface area contributed by atoms with Gasteiger partial charge in [0.05, 0.1) is 5.69 Å². The summed E-state index contributed by atoms with van der Waals surface area (Å²) in [6.45, 7) is 0. The highest BCUT2D eigenvalue weighted by Crippen LogP contribution is 2.27. The standard InChI is InChI=1S/C18H12N4O3S/c19-9-13(7-11-1-2-15(23)16(24)8-11)17(25)22-18-21-14(10-26-18)12-3-5-20-6-4-12/h1-8,10,23-24H,(H,21,22,25)/b13-7+. The van der Waals surface area contributed by atoms with Crippen molar-refractivity contribution in [2.24, 2.45) is 0 Å². The Balaban J connectivity index is 1.78. The Morgan fingerprint density at radius 2 is 1.96 bits per heavy atom. The number of aromatic nitrogens is 2. The molecule has 1 amide bonds. The zero-order valence-electron chi connectivity index (χ0n) is 13.2. The van der Waals surface area contributed by atoms with Crippen molar-refractivity contribution in [3.05, 3.63) is 59.2 Å². The number of nitriles is 1. The molecule has 0 aliphatic carbocycles. The van der Waals surface area contributed by atoms with Crippen LogP contribution in [-0.4, -0.2) is 26.1 Å². The molecule has 0 saturated carbocycles. The zero-order valence-corrected chi connectivity index (χ0v) is 14.1. The van der Waals surface area contributed by atoms with Gasteiger partial charge in [-0.2, -0.15) is 5.26 Å². The third-order valence-electron chi connectivity index (χ3n) is 3.38. The summed E-state index contributed by atoms with van der Waals surface area (Å²) in [6, 6.07) is 9.43. The van der Waals surface area contributed by atoms with E-state index < -0.39 is 5.91 Å². The summed E-state index contributed by atoms with van der Waals surface area (Å²) in [4.78, 5) is 20.5. The molecule has 2 aromatic heterocycles. The van der Waals surface area contributed by atoms with Crippen LogP contribution in [0.5, 0.6) is 11.5 Å². The second-order valence-electron chi connectivity index (χ2n) is 5.15. The average molecular weight is 364 g/mol. The van der Waals surface area contributed by atoms with E-state index >= 15 is 0 Å². The molecule has 7 nitrogen and oxygen atoms in total. The van der Waals surface area contributed by atoms with Crippen molar-refractivity contribution in [3.8, 4) is 28.8 Å². The first kappa shape index (κ1) is 17.1. The van der Waals surface area contributed by atoms with E-state index in [9.17, 15) is 20.3 Å². The maximum Gasteiger partial charge on any atom is 0.268 e. The van der Waals surface area contributed by atoms with Gasteiger partial charge in [0.25, 0.3) is 5.91 Å². The molecule has 3 rings (SSSR count). The van der Waals surface area contributed by atoms with Crippen LogP contribution in [0, 0.1) is 11.3 Å². The van der Waals surface area contributed by atoms with Crippen LogP contribution in [0.25, 0.3) is 17.3 Å². The first-order chi connectivity index (χ1) is 12.6. The predicted molar refractivity (Wildman–Crippen MR) is 97.3 cm³/mol. The fraction of sp³-hybridized carbons (Fsp3) is 0. The van der Waals surface area contributed by atoms with Gasteiger partial charge in [0.15, 0.2) is 16.6 Å². The van der Waals surface area contributed by atoms with E-state index in [4.69, 9.17) is 0 Å². The summed E-state index contributed by atoms with van der Waals surface area (Å²) in [5, 5.41) is 32.8. The molecule has 2 heterocycles. The number of hydrogen-bond acceptors (Lipinski definition) is 7.